The lowest BCUT2D eigenvalue weighted by molar-refractivity contribution is 0.119. The van der Waals surface area contributed by atoms with E-state index in [-0.39, 0.29) is 6.10 Å². The number of pyridine rings is 1. The summed E-state index contributed by atoms with van der Waals surface area (Å²) < 4.78 is 6.15. The molecule has 1 aromatic rings. The molecule has 0 bridgehead atoms. The molecular weight excluding hydrogens is 206 g/mol. The van der Waals surface area contributed by atoms with Crippen LogP contribution in [0, 0.1) is 0 Å². The first-order chi connectivity index (χ1) is 5.25. The van der Waals surface area contributed by atoms with Gasteiger partial charge in [0, 0.05) is 24.0 Å². The number of ether oxygens (including phenoxy) is 1. The van der Waals surface area contributed by atoms with Crippen LogP contribution >= 0.6 is 15.9 Å². The molecule has 0 N–H and O–H groups in total. The van der Waals surface area contributed by atoms with Gasteiger partial charge >= 0.3 is 0 Å². The number of halogens is 1. The fourth-order valence-corrected chi connectivity index (χ4v) is 1.42. The second kappa shape index (κ2) is 3.83. The molecule has 1 atom stereocenters. The van der Waals surface area contributed by atoms with Crippen molar-refractivity contribution in [3.63, 3.8) is 0 Å². The lowest BCUT2D eigenvalue weighted by atomic mass is 10.2. The Morgan fingerprint density at radius 1 is 1.64 bits per heavy atom. The van der Waals surface area contributed by atoms with Gasteiger partial charge in [0.2, 0.25) is 0 Å². The minimum Gasteiger partial charge on any atom is -0.377 e. The molecule has 1 rings (SSSR count). The molecule has 0 saturated heterocycles. The molecule has 0 fully saturated rings. The fourth-order valence-electron chi connectivity index (χ4n) is 0.843. The molecule has 11 heavy (non-hydrogen) atoms. The third-order valence-corrected chi connectivity index (χ3v) is 2.26. The maximum atomic E-state index is 5.16. The average molecular weight is 216 g/mol. The van der Waals surface area contributed by atoms with E-state index in [9.17, 15) is 0 Å². The van der Waals surface area contributed by atoms with Crippen LogP contribution in [0.25, 0.3) is 0 Å². The van der Waals surface area contributed by atoms with Crippen LogP contribution < -0.4 is 0 Å². The molecule has 0 amide bonds. The standard InChI is InChI=1S/C8H10BrNO/c1-6(11-2)7-3-4-10-5-8(7)9/h3-6H,1-2H3. The smallest absolute Gasteiger partial charge is 0.0805 e. The highest BCUT2D eigenvalue weighted by molar-refractivity contribution is 9.10. The molecule has 0 aromatic carbocycles. The van der Waals surface area contributed by atoms with Crippen molar-refractivity contribution >= 4 is 15.9 Å². The van der Waals surface area contributed by atoms with E-state index in [1.165, 1.54) is 0 Å². The predicted molar refractivity (Wildman–Crippen MR) is 47.4 cm³/mol. The summed E-state index contributed by atoms with van der Waals surface area (Å²) in [5, 5.41) is 0. The quantitative estimate of drug-likeness (QED) is 0.757. The first-order valence-electron chi connectivity index (χ1n) is 3.38. The molecule has 0 radical (unpaired) electrons. The highest BCUT2D eigenvalue weighted by atomic mass is 79.9. The minimum atomic E-state index is 0.118. The van der Waals surface area contributed by atoms with Crippen LogP contribution in [0.2, 0.25) is 0 Å². The zero-order chi connectivity index (χ0) is 8.27. The molecule has 0 aliphatic rings. The van der Waals surface area contributed by atoms with Crippen LogP contribution in [0.4, 0.5) is 0 Å². The summed E-state index contributed by atoms with van der Waals surface area (Å²) >= 11 is 3.40. The number of rotatable bonds is 2. The van der Waals surface area contributed by atoms with Crippen LogP contribution in [-0.2, 0) is 4.74 Å². The summed E-state index contributed by atoms with van der Waals surface area (Å²) in [5.74, 6) is 0. The summed E-state index contributed by atoms with van der Waals surface area (Å²) in [6, 6.07) is 1.94. The van der Waals surface area contributed by atoms with Crippen molar-refractivity contribution in [2.75, 3.05) is 7.11 Å². The average Bonchev–Trinajstić information content (AvgIpc) is 2.04. The minimum absolute atomic E-state index is 0.118. The molecule has 1 aromatic heterocycles. The van der Waals surface area contributed by atoms with Crippen LogP contribution in [0.15, 0.2) is 22.9 Å². The van der Waals surface area contributed by atoms with Crippen LogP contribution in [0.5, 0.6) is 0 Å². The lowest BCUT2D eigenvalue weighted by Gasteiger charge is -2.10. The third-order valence-electron chi connectivity index (χ3n) is 1.60. The first-order valence-corrected chi connectivity index (χ1v) is 4.17. The van der Waals surface area contributed by atoms with E-state index in [1.807, 2.05) is 13.0 Å². The highest BCUT2D eigenvalue weighted by Gasteiger charge is 2.06. The van der Waals surface area contributed by atoms with Gasteiger partial charge in [0.15, 0.2) is 0 Å². The lowest BCUT2D eigenvalue weighted by Crippen LogP contribution is -1.96. The van der Waals surface area contributed by atoms with Crippen LogP contribution in [-0.4, -0.2) is 12.1 Å². The Morgan fingerprint density at radius 3 is 2.91 bits per heavy atom. The van der Waals surface area contributed by atoms with Gasteiger partial charge in [-0.1, -0.05) is 0 Å². The molecule has 0 saturated carbocycles. The third kappa shape index (κ3) is 2.01. The van der Waals surface area contributed by atoms with E-state index in [1.54, 1.807) is 19.5 Å². The molecule has 1 heterocycles. The van der Waals surface area contributed by atoms with Gasteiger partial charge in [0.1, 0.15) is 0 Å². The van der Waals surface area contributed by atoms with E-state index in [0.717, 1.165) is 10.0 Å². The topological polar surface area (TPSA) is 22.1 Å². The summed E-state index contributed by atoms with van der Waals surface area (Å²) in [6.45, 7) is 2.00. The van der Waals surface area contributed by atoms with Crippen molar-refractivity contribution in [3.8, 4) is 0 Å². The Balaban J connectivity index is 2.93. The Hall–Kier alpha value is -0.410. The van der Waals surface area contributed by atoms with Crippen LogP contribution in [0.3, 0.4) is 0 Å². The second-order valence-electron chi connectivity index (χ2n) is 2.28. The van der Waals surface area contributed by atoms with Gasteiger partial charge in [0.25, 0.3) is 0 Å². The largest absolute Gasteiger partial charge is 0.377 e. The Labute approximate surface area is 74.7 Å². The van der Waals surface area contributed by atoms with Gasteiger partial charge in [-0.15, -0.1) is 0 Å². The van der Waals surface area contributed by atoms with Gasteiger partial charge in [-0.3, -0.25) is 4.98 Å². The monoisotopic (exact) mass is 215 g/mol. The van der Waals surface area contributed by atoms with Crippen LogP contribution in [0.1, 0.15) is 18.6 Å². The number of hydrogen-bond donors (Lipinski definition) is 0. The zero-order valence-electron chi connectivity index (χ0n) is 6.54. The molecule has 2 nitrogen and oxygen atoms in total. The number of methoxy groups -OCH3 is 1. The Bertz CT molecular complexity index is 239. The van der Waals surface area contributed by atoms with Crippen molar-refractivity contribution in [3.05, 3.63) is 28.5 Å². The van der Waals surface area contributed by atoms with Crippen molar-refractivity contribution < 1.29 is 4.74 Å². The van der Waals surface area contributed by atoms with E-state index < -0.39 is 0 Å². The normalized spacial score (nSPS) is 13.0. The maximum absolute atomic E-state index is 5.16. The zero-order valence-corrected chi connectivity index (χ0v) is 8.13. The van der Waals surface area contributed by atoms with E-state index in [0.29, 0.717) is 0 Å². The number of aromatic nitrogens is 1. The van der Waals surface area contributed by atoms with Gasteiger partial charge < -0.3 is 4.74 Å². The SMILES string of the molecule is COC(C)c1ccncc1Br. The first kappa shape index (κ1) is 8.68. The van der Waals surface area contributed by atoms with Gasteiger partial charge in [-0.2, -0.15) is 0 Å². The molecule has 0 spiro atoms. The van der Waals surface area contributed by atoms with E-state index in [4.69, 9.17) is 4.74 Å². The highest BCUT2D eigenvalue weighted by Crippen LogP contribution is 2.23. The Kier molecular flexibility index (Phi) is 3.02. The van der Waals surface area contributed by atoms with Crippen molar-refractivity contribution in [2.45, 2.75) is 13.0 Å². The maximum Gasteiger partial charge on any atom is 0.0805 e. The number of hydrogen-bond acceptors (Lipinski definition) is 2. The number of nitrogens with zero attached hydrogens (tertiary/aromatic N) is 1. The molecule has 1 unspecified atom stereocenters. The molecular formula is C8H10BrNO. The summed E-state index contributed by atoms with van der Waals surface area (Å²) in [6.07, 6.45) is 3.65. The molecule has 0 aliphatic heterocycles. The summed E-state index contributed by atoms with van der Waals surface area (Å²) in [7, 11) is 1.69. The van der Waals surface area contributed by atoms with Crippen molar-refractivity contribution in [2.24, 2.45) is 0 Å². The fraction of sp³-hybridized carbons (Fsp3) is 0.375. The molecule has 0 aliphatic carbocycles. The molecule has 60 valence electrons. The van der Waals surface area contributed by atoms with Gasteiger partial charge in [-0.05, 0) is 34.5 Å². The van der Waals surface area contributed by atoms with Gasteiger partial charge in [0.05, 0.1) is 6.10 Å². The Morgan fingerprint density at radius 2 is 2.36 bits per heavy atom. The summed E-state index contributed by atoms with van der Waals surface area (Å²) in [5.41, 5.74) is 1.13. The van der Waals surface area contributed by atoms with E-state index >= 15 is 0 Å². The van der Waals surface area contributed by atoms with E-state index in [2.05, 4.69) is 20.9 Å². The van der Waals surface area contributed by atoms with Crippen molar-refractivity contribution in [1.29, 1.82) is 0 Å². The second-order valence-corrected chi connectivity index (χ2v) is 3.13. The molecule has 3 heteroatoms. The summed E-state index contributed by atoms with van der Waals surface area (Å²) in [4.78, 5) is 3.96. The van der Waals surface area contributed by atoms with Gasteiger partial charge in [-0.25, -0.2) is 0 Å². The van der Waals surface area contributed by atoms with Crippen molar-refractivity contribution in [1.82, 2.24) is 4.98 Å². The predicted octanol–water partition coefficient (Wildman–Crippen LogP) is 2.55.